The predicted molar refractivity (Wildman–Crippen MR) is 141 cm³/mol. The minimum absolute atomic E-state index is 0.196. The second kappa shape index (κ2) is 14.7. The molecule has 7 nitrogen and oxygen atoms in total. The fourth-order valence-corrected chi connectivity index (χ4v) is 3.94. The maximum absolute atomic E-state index is 13.7. The molecule has 1 aromatic carbocycles. The van der Waals surface area contributed by atoms with Crippen LogP contribution in [-0.4, -0.2) is 47.5 Å². The summed E-state index contributed by atoms with van der Waals surface area (Å²) >= 11 is 0. The molecular weight excluding hydrogens is 442 g/mol. The Morgan fingerprint density at radius 1 is 1.00 bits per heavy atom. The van der Waals surface area contributed by atoms with Crippen LogP contribution in [-0.2, 0) is 14.3 Å². The third kappa shape index (κ3) is 10.7. The molecule has 35 heavy (non-hydrogen) atoms. The highest BCUT2D eigenvalue weighted by molar-refractivity contribution is 5.92. The van der Waals surface area contributed by atoms with Crippen LogP contribution in [0, 0.1) is 13.8 Å². The summed E-state index contributed by atoms with van der Waals surface area (Å²) in [4.78, 5) is 41.2. The molecule has 198 valence electrons. The van der Waals surface area contributed by atoms with Gasteiger partial charge in [0.15, 0.2) is 0 Å². The molecule has 0 bridgehead atoms. The Morgan fingerprint density at radius 3 is 2.23 bits per heavy atom. The van der Waals surface area contributed by atoms with Gasteiger partial charge in [-0.2, -0.15) is 0 Å². The Hall–Kier alpha value is -2.57. The number of aryl methyl sites for hydroxylation is 2. The number of hydrogen-bond donors (Lipinski definition) is 2. The molecule has 0 aliphatic rings. The van der Waals surface area contributed by atoms with E-state index in [-0.39, 0.29) is 11.8 Å². The number of hydrogen-bond acceptors (Lipinski definition) is 4. The number of alkyl carbamates (subject to hydrolysis) is 1. The van der Waals surface area contributed by atoms with Crippen molar-refractivity contribution >= 4 is 17.9 Å². The topological polar surface area (TPSA) is 87.7 Å². The molecular formula is C28H47N3O4. The highest BCUT2D eigenvalue weighted by atomic mass is 16.6. The zero-order chi connectivity index (χ0) is 26.6. The van der Waals surface area contributed by atoms with Gasteiger partial charge in [0.25, 0.3) is 0 Å². The number of carbonyl (C=O) groups is 3. The van der Waals surface area contributed by atoms with E-state index in [2.05, 4.69) is 24.5 Å². The highest BCUT2D eigenvalue weighted by Gasteiger charge is 2.35. The Bertz CT molecular complexity index is 832. The average Bonchev–Trinajstić information content (AvgIpc) is 2.75. The molecule has 0 saturated carbocycles. The lowest BCUT2D eigenvalue weighted by Crippen LogP contribution is -2.52. The third-order valence-corrected chi connectivity index (χ3v) is 5.75. The predicted octanol–water partition coefficient (Wildman–Crippen LogP) is 5.58. The summed E-state index contributed by atoms with van der Waals surface area (Å²) in [5.41, 5.74) is 2.18. The van der Waals surface area contributed by atoms with Gasteiger partial charge in [-0.3, -0.25) is 9.59 Å². The zero-order valence-electron chi connectivity index (χ0n) is 23.1. The van der Waals surface area contributed by atoms with Crippen LogP contribution in [0.25, 0.3) is 0 Å². The van der Waals surface area contributed by atoms with Crippen molar-refractivity contribution in [2.24, 2.45) is 0 Å². The second-order valence-electron chi connectivity index (χ2n) is 10.4. The van der Waals surface area contributed by atoms with Gasteiger partial charge in [0.2, 0.25) is 11.8 Å². The molecule has 0 aromatic heterocycles. The van der Waals surface area contributed by atoms with Crippen molar-refractivity contribution < 1.29 is 19.1 Å². The number of rotatable bonds is 13. The molecule has 0 radical (unpaired) electrons. The number of nitrogens with one attached hydrogen (secondary N) is 2. The van der Waals surface area contributed by atoms with E-state index in [4.69, 9.17) is 4.74 Å². The highest BCUT2D eigenvalue weighted by Crippen LogP contribution is 2.27. The van der Waals surface area contributed by atoms with E-state index in [1.807, 2.05) is 32.0 Å². The summed E-state index contributed by atoms with van der Waals surface area (Å²) in [6.07, 6.45) is 5.05. The van der Waals surface area contributed by atoms with Crippen LogP contribution in [0.3, 0.4) is 0 Å². The lowest BCUT2D eigenvalue weighted by Gasteiger charge is -2.34. The van der Waals surface area contributed by atoms with Gasteiger partial charge >= 0.3 is 6.09 Å². The Morgan fingerprint density at radius 2 is 1.66 bits per heavy atom. The molecule has 1 aromatic rings. The minimum Gasteiger partial charge on any atom is -0.444 e. The number of benzene rings is 1. The van der Waals surface area contributed by atoms with Gasteiger partial charge in [-0.15, -0.1) is 0 Å². The second-order valence-corrected chi connectivity index (χ2v) is 10.4. The van der Waals surface area contributed by atoms with E-state index in [9.17, 15) is 14.4 Å². The molecule has 2 unspecified atom stereocenters. The Kier molecular flexibility index (Phi) is 12.8. The van der Waals surface area contributed by atoms with Gasteiger partial charge in [0, 0.05) is 13.1 Å². The van der Waals surface area contributed by atoms with Gasteiger partial charge in [0.05, 0.1) is 0 Å². The van der Waals surface area contributed by atoms with Gasteiger partial charge in [-0.25, -0.2) is 4.79 Å². The maximum atomic E-state index is 13.7. The molecule has 7 heteroatoms. The minimum atomic E-state index is -0.840. The molecule has 2 atom stereocenters. The summed E-state index contributed by atoms with van der Waals surface area (Å²) in [7, 11) is 0. The SMILES string of the molecule is CCCCCCN(C(=O)C(C)NC(=O)OC(C)(C)C)C(C(=O)NCCCC)c1ccc(C)cc1C. The first-order chi connectivity index (χ1) is 16.4. The molecule has 2 N–H and O–H groups in total. The van der Waals surface area contributed by atoms with Crippen LogP contribution in [0.15, 0.2) is 18.2 Å². The number of ether oxygens (including phenoxy) is 1. The van der Waals surface area contributed by atoms with E-state index >= 15 is 0 Å². The Labute approximate surface area is 212 Å². The fraction of sp³-hybridized carbons (Fsp3) is 0.679. The quantitative estimate of drug-likeness (QED) is 0.354. The van der Waals surface area contributed by atoms with Gasteiger partial charge in [-0.1, -0.05) is 63.3 Å². The smallest absolute Gasteiger partial charge is 0.408 e. The summed E-state index contributed by atoms with van der Waals surface area (Å²) in [6, 6.07) is 4.32. The maximum Gasteiger partial charge on any atom is 0.408 e. The first kappa shape index (κ1) is 30.5. The van der Waals surface area contributed by atoms with E-state index in [1.54, 1.807) is 32.6 Å². The summed E-state index contributed by atoms with van der Waals surface area (Å²) in [5.74, 6) is -0.498. The van der Waals surface area contributed by atoms with Gasteiger partial charge in [-0.05, 0) is 65.5 Å². The Balaban J connectivity index is 3.32. The molecule has 0 saturated heterocycles. The van der Waals surface area contributed by atoms with Crippen LogP contribution < -0.4 is 10.6 Å². The first-order valence-electron chi connectivity index (χ1n) is 13.1. The lowest BCUT2D eigenvalue weighted by molar-refractivity contribution is -0.142. The largest absolute Gasteiger partial charge is 0.444 e. The van der Waals surface area contributed by atoms with Crippen molar-refractivity contribution in [2.45, 2.75) is 112 Å². The van der Waals surface area contributed by atoms with Crippen molar-refractivity contribution in [3.05, 3.63) is 34.9 Å². The van der Waals surface area contributed by atoms with Crippen LogP contribution in [0.2, 0.25) is 0 Å². The first-order valence-corrected chi connectivity index (χ1v) is 13.1. The van der Waals surface area contributed by atoms with E-state index in [0.29, 0.717) is 13.1 Å². The number of amides is 3. The van der Waals surface area contributed by atoms with E-state index < -0.39 is 23.8 Å². The van der Waals surface area contributed by atoms with Gasteiger partial charge in [0.1, 0.15) is 17.7 Å². The normalized spacial score (nSPS) is 13.0. The molecule has 0 aliphatic carbocycles. The molecule has 3 amide bonds. The monoisotopic (exact) mass is 489 g/mol. The lowest BCUT2D eigenvalue weighted by atomic mass is 9.96. The van der Waals surface area contributed by atoms with Crippen molar-refractivity contribution in [1.82, 2.24) is 15.5 Å². The standard InChI is InChI=1S/C28H47N3O4/c1-9-11-13-14-18-31(26(33)22(5)30-27(34)35-28(6,7)8)24(25(32)29-17-12-10-2)23-16-15-20(3)19-21(23)4/h15-16,19,22,24H,9-14,17-18H2,1-8H3,(H,29,32)(H,30,34). The number of unbranched alkanes of at least 4 members (excludes halogenated alkanes) is 4. The van der Waals surface area contributed by atoms with Crippen LogP contribution in [0.4, 0.5) is 4.79 Å². The average molecular weight is 490 g/mol. The molecule has 0 heterocycles. The zero-order valence-corrected chi connectivity index (χ0v) is 23.1. The van der Waals surface area contributed by atoms with Crippen molar-refractivity contribution in [2.75, 3.05) is 13.1 Å². The molecule has 0 fully saturated rings. The van der Waals surface area contributed by atoms with E-state index in [0.717, 1.165) is 55.2 Å². The van der Waals surface area contributed by atoms with Gasteiger partial charge < -0.3 is 20.3 Å². The third-order valence-electron chi connectivity index (χ3n) is 5.75. The fourth-order valence-electron chi connectivity index (χ4n) is 3.94. The van der Waals surface area contributed by atoms with Crippen LogP contribution in [0.5, 0.6) is 0 Å². The van der Waals surface area contributed by atoms with Crippen LogP contribution in [0.1, 0.15) is 103 Å². The van der Waals surface area contributed by atoms with Crippen molar-refractivity contribution in [1.29, 1.82) is 0 Å². The van der Waals surface area contributed by atoms with Crippen molar-refractivity contribution in [3.8, 4) is 0 Å². The van der Waals surface area contributed by atoms with Crippen LogP contribution >= 0.6 is 0 Å². The summed E-state index contributed by atoms with van der Waals surface area (Å²) < 4.78 is 5.34. The van der Waals surface area contributed by atoms with Crippen molar-refractivity contribution in [3.63, 3.8) is 0 Å². The summed E-state index contributed by atoms with van der Waals surface area (Å²) in [6.45, 7) is 16.1. The molecule has 1 rings (SSSR count). The number of carbonyl (C=O) groups excluding carboxylic acids is 3. The molecule has 0 aliphatic heterocycles. The molecule has 0 spiro atoms. The van der Waals surface area contributed by atoms with E-state index in [1.165, 1.54) is 0 Å². The number of nitrogens with zero attached hydrogens (tertiary/aromatic N) is 1. The summed E-state index contributed by atoms with van der Waals surface area (Å²) in [5, 5.41) is 5.68.